The molecule has 1 heterocycles. The molecule has 1 aromatic carbocycles. The van der Waals surface area contributed by atoms with Crippen LogP contribution in [0.15, 0.2) is 18.2 Å². The number of carbonyl (C=O) groups excluding carboxylic acids is 1. The summed E-state index contributed by atoms with van der Waals surface area (Å²) in [7, 11) is 0. The lowest BCUT2D eigenvalue weighted by molar-refractivity contribution is -0.384. The second-order valence-electron chi connectivity index (χ2n) is 4.44. The first-order chi connectivity index (χ1) is 9.08. The Hall–Kier alpha value is -1.66. The van der Waals surface area contributed by atoms with Gasteiger partial charge in [0.1, 0.15) is 0 Å². The van der Waals surface area contributed by atoms with Crippen molar-refractivity contribution in [2.45, 2.75) is 18.9 Å². The fourth-order valence-corrected chi connectivity index (χ4v) is 2.24. The van der Waals surface area contributed by atoms with Crippen LogP contribution >= 0.6 is 11.6 Å². The Morgan fingerprint density at radius 1 is 1.53 bits per heavy atom. The maximum absolute atomic E-state index is 12.1. The van der Waals surface area contributed by atoms with Crippen molar-refractivity contribution in [2.24, 2.45) is 0 Å². The standard InChI is InChI=1S/C12H14ClN3O3/c13-11-4-3-9(16(18)19)6-10(11)12(17)15-8-2-1-5-14-7-8/h3-4,6,8,14H,1-2,5,7H2,(H,15,17)/t8-/m0/s1. The van der Waals surface area contributed by atoms with Gasteiger partial charge in [-0.25, -0.2) is 0 Å². The van der Waals surface area contributed by atoms with Gasteiger partial charge in [0.25, 0.3) is 11.6 Å². The summed E-state index contributed by atoms with van der Waals surface area (Å²) in [6, 6.07) is 3.89. The number of benzene rings is 1. The number of rotatable bonds is 3. The molecular weight excluding hydrogens is 270 g/mol. The lowest BCUT2D eigenvalue weighted by Crippen LogP contribution is -2.45. The number of nitrogens with zero attached hydrogens (tertiary/aromatic N) is 1. The molecule has 1 aliphatic rings. The lowest BCUT2D eigenvalue weighted by Gasteiger charge is -2.23. The predicted octanol–water partition coefficient (Wildman–Crippen LogP) is 1.73. The largest absolute Gasteiger partial charge is 0.348 e. The summed E-state index contributed by atoms with van der Waals surface area (Å²) in [5.41, 5.74) is -0.00207. The number of nitro groups is 1. The predicted molar refractivity (Wildman–Crippen MR) is 71.5 cm³/mol. The molecule has 102 valence electrons. The number of piperidine rings is 1. The highest BCUT2D eigenvalue weighted by atomic mass is 35.5. The number of nitrogens with one attached hydrogen (secondary N) is 2. The number of nitro benzene ring substituents is 1. The van der Waals surface area contributed by atoms with Gasteiger partial charge >= 0.3 is 0 Å². The molecule has 1 fully saturated rings. The van der Waals surface area contributed by atoms with Crippen LogP contribution in [-0.4, -0.2) is 30.0 Å². The minimum atomic E-state index is -0.546. The van der Waals surface area contributed by atoms with Crippen LogP contribution in [0.4, 0.5) is 5.69 Å². The maximum Gasteiger partial charge on any atom is 0.270 e. The van der Waals surface area contributed by atoms with Gasteiger partial charge in [0.05, 0.1) is 15.5 Å². The van der Waals surface area contributed by atoms with E-state index in [-0.39, 0.29) is 28.2 Å². The van der Waals surface area contributed by atoms with E-state index in [0.29, 0.717) is 6.54 Å². The van der Waals surface area contributed by atoms with Crippen LogP contribution in [0.3, 0.4) is 0 Å². The fourth-order valence-electron chi connectivity index (χ4n) is 2.04. The molecule has 0 unspecified atom stereocenters. The summed E-state index contributed by atoms with van der Waals surface area (Å²) in [5.74, 6) is -0.373. The summed E-state index contributed by atoms with van der Waals surface area (Å²) in [5, 5.41) is 16.9. The van der Waals surface area contributed by atoms with Gasteiger partial charge in [-0.2, -0.15) is 0 Å². The van der Waals surface area contributed by atoms with Crippen molar-refractivity contribution in [3.8, 4) is 0 Å². The summed E-state index contributed by atoms with van der Waals surface area (Å²) in [6.45, 7) is 1.65. The number of amides is 1. The van der Waals surface area contributed by atoms with Gasteiger partial charge in [-0.1, -0.05) is 11.6 Å². The maximum atomic E-state index is 12.1. The summed E-state index contributed by atoms with van der Waals surface area (Å²) < 4.78 is 0. The van der Waals surface area contributed by atoms with Gasteiger partial charge in [0.2, 0.25) is 0 Å². The molecule has 19 heavy (non-hydrogen) atoms. The van der Waals surface area contributed by atoms with E-state index in [2.05, 4.69) is 10.6 Å². The molecule has 2 N–H and O–H groups in total. The van der Waals surface area contributed by atoms with Crippen molar-refractivity contribution in [2.75, 3.05) is 13.1 Å². The minimum Gasteiger partial charge on any atom is -0.348 e. The van der Waals surface area contributed by atoms with E-state index >= 15 is 0 Å². The molecule has 0 saturated carbocycles. The first kappa shape index (κ1) is 13.8. The monoisotopic (exact) mass is 283 g/mol. The number of halogens is 1. The van der Waals surface area contributed by atoms with Gasteiger partial charge in [0, 0.05) is 24.7 Å². The van der Waals surface area contributed by atoms with E-state index in [1.807, 2.05) is 0 Å². The van der Waals surface area contributed by atoms with E-state index in [9.17, 15) is 14.9 Å². The molecule has 1 atom stereocenters. The number of hydrogen-bond donors (Lipinski definition) is 2. The zero-order chi connectivity index (χ0) is 13.8. The Kier molecular flexibility index (Phi) is 4.34. The second kappa shape index (κ2) is 5.99. The van der Waals surface area contributed by atoms with Crippen LogP contribution in [0.25, 0.3) is 0 Å². The Balaban J connectivity index is 2.13. The van der Waals surface area contributed by atoms with Crippen LogP contribution in [-0.2, 0) is 0 Å². The van der Waals surface area contributed by atoms with E-state index in [0.717, 1.165) is 19.4 Å². The average molecular weight is 284 g/mol. The topological polar surface area (TPSA) is 84.3 Å². The third kappa shape index (κ3) is 3.42. The number of carbonyl (C=O) groups is 1. The van der Waals surface area contributed by atoms with Gasteiger partial charge in [-0.05, 0) is 25.5 Å². The third-order valence-electron chi connectivity index (χ3n) is 3.04. The van der Waals surface area contributed by atoms with Crippen LogP contribution in [0.1, 0.15) is 23.2 Å². The van der Waals surface area contributed by atoms with Gasteiger partial charge < -0.3 is 10.6 Å². The van der Waals surface area contributed by atoms with Crippen molar-refractivity contribution in [1.29, 1.82) is 0 Å². The molecule has 6 nitrogen and oxygen atoms in total. The SMILES string of the molecule is O=C(N[C@H]1CCCNC1)c1cc([N+](=O)[O-])ccc1Cl. The number of non-ortho nitro benzene ring substituents is 1. The van der Waals surface area contributed by atoms with Crippen molar-refractivity contribution in [3.63, 3.8) is 0 Å². The van der Waals surface area contributed by atoms with Crippen LogP contribution in [0.5, 0.6) is 0 Å². The quantitative estimate of drug-likeness (QED) is 0.653. The molecular formula is C12H14ClN3O3. The Morgan fingerprint density at radius 3 is 2.95 bits per heavy atom. The highest BCUT2D eigenvalue weighted by molar-refractivity contribution is 6.33. The zero-order valence-corrected chi connectivity index (χ0v) is 10.9. The van der Waals surface area contributed by atoms with Crippen molar-refractivity contribution in [1.82, 2.24) is 10.6 Å². The van der Waals surface area contributed by atoms with Crippen LogP contribution in [0, 0.1) is 10.1 Å². The zero-order valence-electron chi connectivity index (χ0n) is 10.2. The average Bonchev–Trinajstić information content (AvgIpc) is 2.40. The molecule has 0 bridgehead atoms. The normalized spacial score (nSPS) is 18.9. The van der Waals surface area contributed by atoms with Gasteiger partial charge in [-0.3, -0.25) is 14.9 Å². The Bertz CT molecular complexity index is 501. The first-order valence-corrected chi connectivity index (χ1v) is 6.41. The summed E-state index contributed by atoms with van der Waals surface area (Å²) >= 11 is 5.91. The van der Waals surface area contributed by atoms with E-state index in [1.165, 1.54) is 18.2 Å². The summed E-state index contributed by atoms with van der Waals surface area (Å²) in [6.07, 6.45) is 1.89. The van der Waals surface area contributed by atoms with Crippen molar-refractivity contribution in [3.05, 3.63) is 38.9 Å². The number of hydrogen-bond acceptors (Lipinski definition) is 4. The minimum absolute atomic E-state index is 0.0385. The van der Waals surface area contributed by atoms with E-state index < -0.39 is 4.92 Å². The lowest BCUT2D eigenvalue weighted by atomic mass is 10.1. The summed E-state index contributed by atoms with van der Waals surface area (Å²) in [4.78, 5) is 22.2. The molecule has 1 aliphatic heterocycles. The molecule has 0 spiro atoms. The fraction of sp³-hybridized carbons (Fsp3) is 0.417. The van der Waals surface area contributed by atoms with Gasteiger partial charge in [0.15, 0.2) is 0 Å². The first-order valence-electron chi connectivity index (χ1n) is 6.03. The molecule has 1 amide bonds. The molecule has 1 saturated heterocycles. The molecule has 1 aromatic rings. The van der Waals surface area contributed by atoms with Crippen LogP contribution in [0.2, 0.25) is 5.02 Å². The van der Waals surface area contributed by atoms with Crippen molar-refractivity contribution >= 4 is 23.2 Å². The highest BCUT2D eigenvalue weighted by Gasteiger charge is 2.20. The third-order valence-corrected chi connectivity index (χ3v) is 3.37. The van der Waals surface area contributed by atoms with Crippen molar-refractivity contribution < 1.29 is 9.72 Å². The molecule has 0 radical (unpaired) electrons. The molecule has 0 aromatic heterocycles. The highest BCUT2D eigenvalue weighted by Crippen LogP contribution is 2.22. The molecule has 0 aliphatic carbocycles. The molecule has 7 heteroatoms. The van der Waals surface area contributed by atoms with E-state index in [1.54, 1.807) is 0 Å². The van der Waals surface area contributed by atoms with E-state index in [4.69, 9.17) is 11.6 Å². The van der Waals surface area contributed by atoms with Crippen LogP contribution < -0.4 is 10.6 Å². The second-order valence-corrected chi connectivity index (χ2v) is 4.85. The molecule has 2 rings (SSSR count). The smallest absolute Gasteiger partial charge is 0.270 e. The van der Waals surface area contributed by atoms with Gasteiger partial charge in [-0.15, -0.1) is 0 Å². The Labute approximate surface area is 115 Å². The Morgan fingerprint density at radius 2 is 2.32 bits per heavy atom.